The number of rotatable bonds is 8. The minimum absolute atomic E-state index is 0.192. The van der Waals surface area contributed by atoms with E-state index in [9.17, 15) is 8.42 Å². The summed E-state index contributed by atoms with van der Waals surface area (Å²) in [6.07, 6.45) is 0.632. The Balaban J connectivity index is 2.85. The molecule has 0 saturated heterocycles. The van der Waals surface area contributed by atoms with Gasteiger partial charge in [-0.3, -0.25) is 0 Å². The van der Waals surface area contributed by atoms with Crippen molar-refractivity contribution < 1.29 is 8.42 Å². The van der Waals surface area contributed by atoms with Gasteiger partial charge in [-0.1, -0.05) is 26.0 Å². The maximum absolute atomic E-state index is 12.2. The molecule has 4 nitrogen and oxygen atoms in total. The van der Waals surface area contributed by atoms with E-state index in [-0.39, 0.29) is 5.75 Å². The predicted octanol–water partition coefficient (Wildman–Crippen LogP) is 2.14. The van der Waals surface area contributed by atoms with Gasteiger partial charge in [0.15, 0.2) is 9.84 Å². The second-order valence-electron chi connectivity index (χ2n) is 4.86. The average molecular weight is 284 g/mol. The van der Waals surface area contributed by atoms with Crippen LogP contribution in [0.4, 0.5) is 5.69 Å². The Morgan fingerprint density at radius 3 is 2.53 bits per heavy atom. The van der Waals surface area contributed by atoms with Crippen molar-refractivity contribution in [1.29, 1.82) is 0 Å². The van der Waals surface area contributed by atoms with Gasteiger partial charge in [0.1, 0.15) is 0 Å². The van der Waals surface area contributed by atoms with Gasteiger partial charge in [-0.15, -0.1) is 0 Å². The molecule has 1 unspecified atom stereocenters. The van der Waals surface area contributed by atoms with Crippen molar-refractivity contribution in [2.24, 2.45) is 5.92 Å². The second kappa shape index (κ2) is 7.50. The number of para-hydroxylation sites is 1. The Bertz CT molecular complexity index is 486. The lowest BCUT2D eigenvalue weighted by molar-refractivity contribution is 0.568. The fourth-order valence-corrected chi connectivity index (χ4v) is 3.49. The standard InChI is InChI=1S/C14H24N2O2S/c1-4-9-19(17,18)14-8-6-5-7-13(14)16-11-12(2)10-15-3/h5-8,12,15-16H,4,9-11H2,1-3H3. The van der Waals surface area contributed by atoms with Gasteiger partial charge in [-0.05, 0) is 38.1 Å². The first-order chi connectivity index (χ1) is 9.01. The van der Waals surface area contributed by atoms with E-state index in [0.717, 1.165) is 13.1 Å². The lowest BCUT2D eigenvalue weighted by Crippen LogP contribution is -2.23. The van der Waals surface area contributed by atoms with E-state index < -0.39 is 9.84 Å². The summed E-state index contributed by atoms with van der Waals surface area (Å²) in [5.41, 5.74) is 0.707. The first kappa shape index (κ1) is 16.0. The molecular weight excluding hydrogens is 260 g/mol. The maximum Gasteiger partial charge on any atom is 0.180 e. The Labute approximate surface area is 116 Å². The van der Waals surface area contributed by atoms with E-state index in [4.69, 9.17) is 0 Å². The summed E-state index contributed by atoms with van der Waals surface area (Å²) in [6, 6.07) is 7.13. The Kier molecular flexibility index (Phi) is 6.31. The zero-order valence-electron chi connectivity index (χ0n) is 11.9. The van der Waals surface area contributed by atoms with Crippen molar-refractivity contribution in [3.05, 3.63) is 24.3 Å². The molecule has 5 heteroatoms. The molecule has 1 aromatic rings. The SMILES string of the molecule is CCCS(=O)(=O)c1ccccc1NCC(C)CNC. The lowest BCUT2D eigenvalue weighted by atomic mass is 10.2. The van der Waals surface area contributed by atoms with Crippen LogP contribution in [0.25, 0.3) is 0 Å². The monoisotopic (exact) mass is 284 g/mol. The fraction of sp³-hybridized carbons (Fsp3) is 0.571. The van der Waals surface area contributed by atoms with Crippen LogP contribution in [-0.4, -0.2) is 34.3 Å². The molecule has 1 aromatic carbocycles. The number of anilines is 1. The molecule has 108 valence electrons. The lowest BCUT2D eigenvalue weighted by Gasteiger charge is -2.16. The molecule has 2 N–H and O–H groups in total. The molecule has 19 heavy (non-hydrogen) atoms. The normalized spacial score (nSPS) is 13.2. The molecule has 0 bridgehead atoms. The van der Waals surface area contributed by atoms with Crippen LogP contribution in [0, 0.1) is 5.92 Å². The predicted molar refractivity (Wildman–Crippen MR) is 80.4 cm³/mol. The van der Waals surface area contributed by atoms with Gasteiger partial charge in [0.05, 0.1) is 16.3 Å². The van der Waals surface area contributed by atoms with E-state index in [1.807, 2.05) is 26.1 Å². The smallest absolute Gasteiger partial charge is 0.180 e. The molecule has 0 aromatic heterocycles. The molecule has 1 rings (SSSR count). The third kappa shape index (κ3) is 4.84. The number of sulfone groups is 1. The van der Waals surface area contributed by atoms with Crippen LogP contribution in [0.3, 0.4) is 0 Å². The molecule has 0 spiro atoms. The Morgan fingerprint density at radius 2 is 1.89 bits per heavy atom. The highest BCUT2D eigenvalue weighted by Gasteiger charge is 2.17. The minimum atomic E-state index is -3.18. The molecule has 0 radical (unpaired) electrons. The molecule has 0 heterocycles. The highest BCUT2D eigenvalue weighted by atomic mass is 32.2. The number of hydrogen-bond acceptors (Lipinski definition) is 4. The van der Waals surface area contributed by atoms with Crippen molar-refractivity contribution >= 4 is 15.5 Å². The number of benzene rings is 1. The summed E-state index contributed by atoms with van der Waals surface area (Å²) in [4.78, 5) is 0.411. The van der Waals surface area contributed by atoms with Gasteiger partial charge in [-0.2, -0.15) is 0 Å². The van der Waals surface area contributed by atoms with E-state index in [1.54, 1.807) is 12.1 Å². The van der Waals surface area contributed by atoms with Crippen molar-refractivity contribution in [3.8, 4) is 0 Å². The number of nitrogens with one attached hydrogen (secondary N) is 2. The first-order valence-electron chi connectivity index (χ1n) is 6.71. The molecule has 0 aliphatic heterocycles. The second-order valence-corrected chi connectivity index (χ2v) is 6.94. The van der Waals surface area contributed by atoms with E-state index in [1.165, 1.54) is 0 Å². The molecule has 0 aliphatic carbocycles. The van der Waals surface area contributed by atoms with E-state index in [0.29, 0.717) is 22.9 Å². The Morgan fingerprint density at radius 1 is 1.21 bits per heavy atom. The van der Waals surface area contributed by atoms with Gasteiger partial charge >= 0.3 is 0 Å². The molecule has 1 atom stereocenters. The minimum Gasteiger partial charge on any atom is -0.384 e. The summed E-state index contributed by atoms with van der Waals surface area (Å²) in [7, 11) is -1.27. The zero-order valence-corrected chi connectivity index (χ0v) is 12.8. The fourth-order valence-electron chi connectivity index (χ4n) is 1.97. The van der Waals surface area contributed by atoms with Crippen LogP contribution in [0.1, 0.15) is 20.3 Å². The van der Waals surface area contributed by atoms with Gasteiger partial charge < -0.3 is 10.6 Å². The van der Waals surface area contributed by atoms with Gasteiger partial charge in [0.2, 0.25) is 0 Å². The van der Waals surface area contributed by atoms with Crippen molar-refractivity contribution in [1.82, 2.24) is 5.32 Å². The molecular formula is C14H24N2O2S. The summed E-state index contributed by atoms with van der Waals surface area (Å²) < 4.78 is 24.3. The van der Waals surface area contributed by atoms with Crippen molar-refractivity contribution in [2.75, 3.05) is 31.2 Å². The Hall–Kier alpha value is -1.07. The van der Waals surface area contributed by atoms with Gasteiger partial charge in [0, 0.05) is 6.54 Å². The van der Waals surface area contributed by atoms with Crippen LogP contribution in [0.5, 0.6) is 0 Å². The molecule has 0 fully saturated rings. The highest BCUT2D eigenvalue weighted by molar-refractivity contribution is 7.91. The zero-order chi connectivity index (χ0) is 14.3. The van der Waals surface area contributed by atoms with Gasteiger partial charge in [0.25, 0.3) is 0 Å². The van der Waals surface area contributed by atoms with Crippen LogP contribution >= 0.6 is 0 Å². The topological polar surface area (TPSA) is 58.2 Å². The summed E-state index contributed by atoms with van der Waals surface area (Å²) >= 11 is 0. The first-order valence-corrected chi connectivity index (χ1v) is 8.36. The number of hydrogen-bond donors (Lipinski definition) is 2. The molecule has 0 aliphatic rings. The quantitative estimate of drug-likeness (QED) is 0.768. The van der Waals surface area contributed by atoms with Crippen LogP contribution in [0.15, 0.2) is 29.2 Å². The van der Waals surface area contributed by atoms with Crippen molar-refractivity contribution in [2.45, 2.75) is 25.2 Å². The summed E-state index contributed by atoms with van der Waals surface area (Å²) in [5, 5.41) is 6.35. The highest BCUT2D eigenvalue weighted by Crippen LogP contribution is 2.22. The van der Waals surface area contributed by atoms with E-state index in [2.05, 4.69) is 17.6 Å². The molecule has 0 amide bonds. The summed E-state index contributed by atoms with van der Waals surface area (Å²) in [6.45, 7) is 5.64. The maximum atomic E-state index is 12.2. The summed E-state index contributed by atoms with van der Waals surface area (Å²) in [5.74, 6) is 0.629. The van der Waals surface area contributed by atoms with Gasteiger partial charge in [-0.25, -0.2) is 8.42 Å². The third-order valence-electron chi connectivity index (χ3n) is 2.89. The van der Waals surface area contributed by atoms with Crippen LogP contribution < -0.4 is 10.6 Å². The van der Waals surface area contributed by atoms with Crippen LogP contribution in [-0.2, 0) is 9.84 Å². The largest absolute Gasteiger partial charge is 0.384 e. The average Bonchev–Trinajstić information content (AvgIpc) is 2.37. The molecule has 0 saturated carbocycles. The van der Waals surface area contributed by atoms with Crippen LogP contribution in [0.2, 0.25) is 0 Å². The third-order valence-corrected chi connectivity index (χ3v) is 4.86. The van der Waals surface area contributed by atoms with Crippen molar-refractivity contribution in [3.63, 3.8) is 0 Å². The van der Waals surface area contributed by atoms with E-state index >= 15 is 0 Å².